The number of hydrogen-bond donors (Lipinski definition) is 1. The number of nitrogens with one attached hydrogen (secondary N) is 1. The minimum atomic E-state index is 0.466. The van der Waals surface area contributed by atoms with E-state index < -0.39 is 0 Å². The maximum atomic E-state index is 5.63. The molecule has 0 saturated carbocycles. The Labute approximate surface area is 129 Å². The monoisotopic (exact) mass is 293 g/mol. The zero-order valence-electron chi connectivity index (χ0n) is 14.1. The molecule has 0 atom stereocenters. The predicted molar refractivity (Wildman–Crippen MR) is 87.6 cm³/mol. The lowest BCUT2D eigenvalue weighted by atomic mass is 10.1. The Morgan fingerprint density at radius 3 is 2.52 bits per heavy atom. The molecule has 0 saturated heterocycles. The molecule has 1 rings (SSSR count). The van der Waals surface area contributed by atoms with Crippen molar-refractivity contribution in [2.75, 3.05) is 6.61 Å². The van der Waals surface area contributed by atoms with Gasteiger partial charge in [0.1, 0.15) is 0 Å². The van der Waals surface area contributed by atoms with Gasteiger partial charge in [-0.3, -0.25) is 0 Å². The Kier molecular flexibility index (Phi) is 8.99. The van der Waals surface area contributed by atoms with E-state index in [9.17, 15) is 0 Å². The van der Waals surface area contributed by atoms with Crippen LogP contribution in [0.15, 0.2) is 6.20 Å². The minimum absolute atomic E-state index is 0.466. The third kappa shape index (κ3) is 8.00. The van der Waals surface area contributed by atoms with E-state index in [-0.39, 0.29) is 0 Å². The zero-order chi connectivity index (χ0) is 15.5. The fourth-order valence-electron chi connectivity index (χ4n) is 2.07. The first-order chi connectivity index (χ1) is 10.1. The standard InChI is InChI=1S/C17H31N3O/c1-5-6-7-8-9-10-11-21-17-19-13-16(15(4)20-17)12-18-14(2)3/h13-14,18H,5-12H2,1-4H3. The highest BCUT2D eigenvalue weighted by Crippen LogP contribution is 2.10. The molecule has 0 spiro atoms. The zero-order valence-corrected chi connectivity index (χ0v) is 14.1. The smallest absolute Gasteiger partial charge is 0.316 e. The Hall–Kier alpha value is -1.16. The summed E-state index contributed by atoms with van der Waals surface area (Å²) in [6, 6.07) is 0.974. The van der Waals surface area contributed by atoms with E-state index in [1.807, 2.05) is 13.1 Å². The summed E-state index contributed by atoms with van der Waals surface area (Å²) in [7, 11) is 0. The van der Waals surface area contributed by atoms with Crippen LogP contribution in [0.5, 0.6) is 6.01 Å². The maximum Gasteiger partial charge on any atom is 0.316 e. The van der Waals surface area contributed by atoms with Gasteiger partial charge in [0.25, 0.3) is 0 Å². The molecule has 1 aromatic rings. The van der Waals surface area contributed by atoms with Crippen molar-refractivity contribution in [1.82, 2.24) is 15.3 Å². The average Bonchev–Trinajstić information content (AvgIpc) is 2.45. The SMILES string of the molecule is CCCCCCCCOc1ncc(CNC(C)C)c(C)n1. The van der Waals surface area contributed by atoms with Gasteiger partial charge in [0, 0.05) is 30.0 Å². The van der Waals surface area contributed by atoms with Crippen LogP contribution in [0.25, 0.3) is 0 Å². The molecular formula is C17H31N3O. The number of aryl methyl sites for hydroxylation is 1. The summed E-state index contributed by atoms with van der Waals surface area (Å²) >= 11 is 0. The first-order valence-corrected chi connectivity index (χ1v) is 8.32. The van der Waals surface area contributed by atoms with Crippen molar-refractivity contribution >= 4 is 0 Å². The molecule has 0 unspecified atom stereocenters. The Morgan fingerprint density at radius 2 is 1.86 bits per heavy atom. The van der Waals surface area contributed by atoms with E-state index in [2.05, 4.69) is 36.1 Å². The molecule has 1 aromatic heterocycles. The molecule has 4 nitrogen and oxygen atoms in total. The van der Waals surface area contributed by atoms with Crippen molar-refractivity contribution < 1.29 is 4.74 Å². The van der Waals surface area contributed by atoms with Crippen LogP contribution in [0.4, 0.5) is 0 Å². The largest absolute Gasteiger partial charge is 0.463 e. The molecule has 120 valence electrons. The van der Waals surface area contributed by atoms with Crippen molar-refractivity contribution in [1.29, 1.82) is 0 Å². The van der Waals surface area contributed by atoms with Gasteiger partial charge >= 0.3 is 6.01 Å². The molecule has 1 heterocycles. The van der Waals surface area contributed by atoms with Crippen LogP contribution in [0.1, 0.15) is 70.6 Å². The molecule has 0 amide bonds. The minimum Gasteiger partial charge on any atom is -0.463 e. The summed E-state index contributed by atoms with van der Waals surface area (Å²) in [4.78, 5) is 8.72. The summed E-state index contributed by atoms with van der Waals surface area (Å²) in [5.74, 6) is 0. The summed E-state index contributed by atoms with van der Waals surface area (Å²) in [6.07, 6.45) is 9.46. The van der Waals surface area contributed by atoms with E-state index in [4.69, 9.17) is 4.74 Å². The molecule has 0 radical (unpaired) electrons. The van der Waals surface area contributed by atoms with Crippen molar-refractivity contribution in [3.8, 4) is 6.01 Å². The van der Waals surface area contributed by atoms with E-state index >= 15 is 0 Å². The van der Waals surface area contributed by atoms with Gasteiger partial charge in [-0.1, -0.05) is 52.9 Å². The fraction of sp³-hybridized carbons (Fsp3) is 0.765. The van der Waals surface area contributed by atoms with Gasteiger partial charge < -0.3 is 10.1 Å². The highest BCUT2D eigenvalue weighted by Gasteiger charge is 2.05. The van der Waals surface area contributed by atoms with Gasteiger partial charge in [0.05, 0.1) is 6.61 Å². The number of unbranched alkanes of at least 4 members (excludes halogenated alkanes) is 5. The quantitative estimate of drug-likeness (QED) is 0.626. The molecule has 0 aliphatic rings. The Morgan fingerprint density at radius 1 is 1.14 bits per heavy atom. The number of aromatic nitrogens is 2. The van der Waals surface area contributed by atoms with Crippen molar-refractivity contribution in [2.45, 2.75) is 78.8 Å². The molecule has 4 heteroatoms. The Bertz CT molecular complexity index is 394. The predicted octanol–water partition coefficient (Wildman–Crippen LogP) is 4.02. The highest BCUT2D eigenvalue weighted by atomic mass is 16.5. The maximum absolute atomic E-state index is 5.63. The van der Waals surface area contributed by atoms with Gasteiger partial charge in [-0.25, -0.2) is 9.97 Å². The number of nitrogens with zero attached hydrogens (tertiary/aromatic N) is 2. The first-order valence-electron chi connectivity index (χ1n) is 8.32. The molecule has 0 aliphatic carbocycles. The topological polar surface area (TPSA) is 47.0 Å². The third-order valence-corrected chi connectivity index (χ3v) is 3.49. The lowest BCUT2D eigenvalue weighted by Crippen LogP contribution is -2.22. The second-order valence-corrected chi connectivity index (χ2v) is 5.92. The van der Waals surface area contributed by atoms with Crippen LogP contribution in [0.2, 0.25) is 0 Å². The molecule has 0 bridgehead atoms. The van der Waals surface area contributed by atoms with Gasteiger partial charge in [-0.2, -0.15) is 0 Å². The van der Waals surface area contributed by atoms with Gasteiger partial charge in [-0.05, 0) is 13.3 Å². The fourth-order valence-corrected chi connectivity index (χ4v) is 2.07. The number of ether oxygens (including phenoxy) is 1. The molecule has 0 aromatic carbocycles. The average molecular weight is 293 g/mol. The number of hydrogen-bond acceptors (Lipinski definition) is 4. The normalized spacial score (nSPS) is 11.1. The molecule has 0 aliphatic heterocycles. The van der Waals surface area contributed by atoms with Crippen molar-refractivity contribution in [2.24, 2.45) is 0 Å². The van der Waals surface area contributed by atoms with Crippen LogP contribution in [0.3, 0.4) is 0 Å². The van der Waals surface area contributed by atoms with Crippen LogP contribution in [-0.2, 0) is 6.54 Å². The van der Waals surface area contributed by atoms with E-state index in [1.54, 1.807) is 0 Å². The van der Waals surface area contributed by atoms with Crippen molar-refractivity contribution in [3.63, 3.8) is 0 Å². The lowest BCUT2D eigenvalue weighted by molar-refractivity contribution is 0.280. The molecule has 1 N–H and O–H groups in total. The van der Waals surface area contributed by atoms with Gasteiger partial charge in [0.15, 0.2) is 0 Å². The molecule has 0 fully saturated rings. The lowest BCUT2D eigenvalue weighted by Gasteiger charge is -2.11. The summed E-state index contributed by atoms with van der Waals surface area (Å²) in [6.45, 7) is 10.0. The van der Waals surface area contributed by atoms with Crippen LogP contribution in [0, 0.1) is 6.92 Å². The van der Waals surface area contributed by atoms with Crippen LogP contribution < -0.4 is 10.1 Å². The van der Waals surface area contributed by atoms with Crippen LogP contribution >= 0.6 is 0 Å². The third-order valence-electron chi connectivity index (χ3n) is 3.49. The van der Waals surface area contributed by atoms with E-state index in [1.165, 1.54) is 32.1 Å². The van der Waals surface area contributed by atoms with Crippen LogP contribution in [-0.4, -0.2) is 22.6 Å². The highest BCUT2D eigenvalue weighted by molar-refractivity contribution is 5.17. The Balaban J connectivity index is 2.25. The van der Waals surface area contributed by atoms with Crippen molar-refractivity contribution in [3.05, 3.63) is 17.5 Å². The molecule has 21 heavy (non-hydrogen) atoms. The second kappa shape index (κ2) is 10.6. The van der Waals surface area contributed by atoms with Gasteiger partial charge in [-0.15, -0.1) is 0 Å². The molecular weight excluding hydrogens is 262 g/mol. The number of rotatable bonds is 11. The van der Waals surface area contributed by atoms with Gasteiger partial charge in [0.2, 0.25) is 0 Å². The van der Waals surface area contributed by atoms with E-state index in [0.717, 1.165) is 30.8 Å². The summed E-state index contributed by atoms with van der Waals surface area (Å²) in [5, 5.41) is 3.38. The van der Waals surface area contributed by atoms with E-state index in [0.29, 0.717) is 12.1 Å². The second-order valence-electron chi connectivity index (χ2n) is 5.92. The first kappa shape index (κ1) is 17.9. The summed E-state index contributed by atoms with van der Waals surface area (Å²) < 4.78 is 5.63. The summed E-state index contributed by atoms with van der Waals surface area (Å²) in [5.41, 5.74) is 2.13.